The number of aliphatic carboxylic acids is 2. The van der Waals surface area contributed by atoms with E-state index in [9.17, 15) is 19.8 Å². The Morgan fingerprint density at radius 3 is 1.40 bits per heavy atom. The fourth-order valence-electron chi connectivity index (χ4n) is 0.204. The Bertz CT molecular complexity index is 109. The summed E-state index contributed by atoms with van der Waals surface area (Å²) < 4.78 is 3.28. The molecule has 0 amide bonds. The minimum absolute atomic E-state index is 0.470. The third-order valence-corrected chi connectivity index (χ3v) is 0.533. The second-order valence-electron chi connectivity index (χ2n) is 1.24. The van der Waals surface area contributed by atoms with E-state index < -0.39 is 24.8 Å². The minimum atomic E-state index is -1.37. The lowest BCUT2D eigenvalue weighted by Crippen LogP contribution is -2.27. The summed E-state index contributed by atoms with van der Waals surface area (Å²) in [5.74, 6) is -2.73. The number of carboxylic acids is 2. The molecule has 0 aliphatic carbocycles. The van der Waals surface area contributed by atoms with Gasteiger partial charge in [-0.15, -0.1) is 0 Å². The van der Waals surface area contributed by atoms with E-state index in [1.54, 1.807) is 21.2 Å². The molecule has 0 spiro atoms. The predicted molar refractivity (Wildman–Crippen MR) is 32.1 cm³/mol. The van der Waals surface area contributed by atoms with Crippen molar-refractivity contribution in [3.8, 4) is 0 Å². The highest BCUT2D eigenvalue weighted by Gasteiger charge is 1.85. The first-order chi connectivity index (χ1) is 4.63. The molecule has 0 fully saturated rings. The van der Waals surface area contributed by atoms with Crippen LogP contribution in [0, 0.1) is 0 Å². The van der Waals surface area contributed by atoms with Crippen LogP contribution < -0.4 is 10.2 Å². The summed E-state index contributed by atoms with van der Waals surface area (Å²) in [6.45, 7) is 0. The van der Waals surface area contributed by atoms with E-state index in [-0.39, 0.29) is 0 Å². The average molecular weight is 154 g/mol. The maximum atomic E-state index is 9.50. The molecule has 0 bridgehead atoms. The molecule has 0 heterocycles. The van der Waals surface area contributed by atoms with Crippen LogP contribution in [0.2, 0.25) is 0 Å². The molecule has 0 aliphatic heterocycles. The molecule has 0 aromatic heterocycles. The van der Waals surface area contributed by atoms with Crippen molar-refractivity contribution < 1.29 is 19.8 Å². The van der Waals surface area contributed by atoms with Crippen LogP contribution in [-0.4, -0.2) is 37.8 Å². The number of carboxylic acid groups (broad SMARTS) is 2. The molecule has 5 heteroatoms. The van der Waals surface area contributed by atoms with Gasteiger partial charge in [0.15, 0.2) is 0 Å². The summed E-state index contributed by atoms with van der Waals surface area (Å²) in [7, 11) is 0. The Hall–Kier alpha value is -0.424. The first-order valence-electron chi connectivity index (χ1n) is 2.52. The van der Waals surface area contributed by atoms with Gasteiger partial charge in [-0.25, -0.2) is 0 Å². The van der Waals surface area contributed by atoms with Crippen LogP contribution >= 0.6 is 0 Å². The van der Waals surface area contributed by atoms with Gasteiger partial charge >= 0.3 is 21.2 Å². The highest BCUT2D eigenvalue weighted by Crippen LogP contribution is 1.81. The van der Waals surface area contributed by atoms with E-state index in [4.69, 9.17) is 0 Å². The zero-order valence-electron chi connectivity index (χ0n) is 5.46. The smallest absolute Gasteiger partial charge is 0.550 e. The molecule has 6 radical (unpaired) electrons. The molecule has 0 saturated carbocycles. The Morgan fingerprint density at radius 1 is 1.10 bits per heavy atom. The lowest BCUT2D eigenvalue weighted by atomic mass is 10.3. The van der Waals surface area contributed by atoms with Crippen LogP contribution in [0.15, 0.2) is 0 Å². The van der Waals surface area contributed by atoms with Gasteiger partial charge in [0.1, 0.15) is 0 Å². The van der Waals surface area contributed by atoms with Crippen molar-refractivity contribution in [2.45, 2.75) is 12.8 Å². The van der Waals surface area contributed by atoms with E-state index in [0.29, 0.717) is 0 Å². The van der Waals surface area contributed by atoms with Crippen molar-refractivity contribution in [3.05, 3.63) is 0 Å². The fourth-order valence-corrected chi connectivity index (χ4v) is 0.204. The Morgan fingerprint density at radius 2 is 1.30 bits per heavy atom. The Balaban J connectivity index is 0. The number of carbonyl (C=O) groups excluding carboxylic acids is 2. The van der Waals surface area contributed by atoms with Crippen molar-refractivity contribution in [2.75, 3.05) is 0 Å². The summed E-state index contributed by atoms with van der Waals surface area (Å²) in [4.78, 5) is 19.0. The zero-order chi connectivity index (χ0) is 8.57. The van der Waals surface area contributed by atoms with Gasteiger partial charge in [0, 0.05) is 11.9 Å². The summed E-state index contributed by atoms with van der Waals surface area (Å²) >= 11 is 1.61. The van der Waals surface area contributed by atoms with Crippen molar-refractivity contribution in [3.63, 3.8) is 0 Å². The van der Waals surface area contributed by atoms with Crippen LogP contribution in [0.3, 0.4) is 0 Å². The molecule has 10 heavy (non-hydrogen) atoms. The summed E-state index contributed by atoms with van der Waals surface area (Å²) in [6.07, 6.45) is -0.940. The van der Waals surface area contributed by atoms with Crippen LogP contribution in [0.25, 0.3) is 0 Å². The van der Waals surface area contributed by atoms with Crippen molar-refractivity contribution in [1.29, 1.82) is 0 Å². The summed E-state index contributed by atoms with van der Waals surface area (Å²) in [6, 6.07) is 0. The average Bonchev–Trinajstić information content (AvgIpc) is 1.89. The SMILES string of the molecule is O=C([O-])CCC(=O)[O-].[CH2]=[Mg+2]. The molecule has 0 unspecified atom stereocenters. The second kappa shape index (κ2) is 8.58. The highest BCUT2D eigenvalue weighted by molar-refractivity contribution is 6.18. The molecule has 0 rings (SSSR count). The fraction of sp³-hybridized carbons (Fsp3) is 0.400. The van der Waals surface area contributed by atoms with Gasteiger partial charge in [-0.2, -0.15) is 0 Å². The number of hydrogen-bond acceptors (Lipinski definition) is 4. The third kappa shape index (κ3) is 15.6. The number of carbonyl (C=O) groups is 2. The predicted octanol–water partition coefficient (Wildman–Crippen LogP) is -3.15. The minimum Gasteiger partial charge on any atom is -0.550 e. The van der Waals surface area contributed by atoms with E-state index in [1.165, 1.54) is 0 Å². The van der Waals surface area contributed by atoms with E-state index in [1.807, 2.05) is 0 Å². The first-order valence-corrected chi connectivity index (χ1v) is 3.52. The Labute approximate surface area is 70.8 Å². The van der Waals surface area contributed by atoms with Gasteiger partial charge < -0.3 is 19.8 Å². The van der Waals surface area contributed by atoms with Gasteiger partial charge in [0.2, 0.25) is 0 Å². The van der Waals surface area contributed by atoms with Gasteiger partial charge in [0.25, 0.3) is 4.64 Å². The largest absolute Gasteiger partial charge is 1.47 e. The maximum absolute atomic E-state index is 9.50. The quantitative estimate of drug-likeness (QED) is 0.402. The maximum Gasteiger partial charge on any atom is 1.47 e. The number of rotatable bonds is 3. The van der Waals surface area contributed by atoms with Crippen molar-refractivity contribution in [1.82, 2.24) is 0 Å². The standard InChI is InChI=1S/C4H6O4.CH2.Mg/c5-3(6)1-2-4(7)8;;/h1-2H2,(H,5,6)(H,7,8);1H2;/q;;+2/p-2. The Kier molecular flexibility index (Phi) is 10.5. The topological polar surface area (TPSA) is 80.3 Å². The summed E-state index contributed by atoms with van der Waals surface area (Å²) in [5, 5.41) is 19.0. The zero-order valence-corrected chi connectivity index (χ0v) is 6.88. The van der Waals surface area contributed by atoms with E-state index in [2.05, 4.69) is 4.64 Å². The van der Waals surface area contributed by atoms with Crippen LogP contribution in [0.4, 0.5) is 0 Å². The normalized spacial score (nSPS) is 7.20. The number of hydrogen-bond donors (Lipinski definition) is 0. The van der Waals surface area contributed by atoms with Crippen LogP contribution in [0.5, 0.6) is 0 Å². The van der Waals surface area contributed by atoms with Crippen LogP contribution in [0.1, 0.15) is 12.8 Å². The molecule has 0 N–H and O–H groups in total. The first kappa shape index (κ1) is 12.3. The molecule has 0 atom stereocenters. The lowest BCUT2D eigenvalue weighted by Gasteiger charge is -2.00. The second-order valence-corrected chi connectivity index (χ2v) is 1.24. The van der Waals surface area contributed by atoms with Gasteiger partial charge in [-0.1, -0.05) is 0 Å². The summed E-state index contributed by atoms with van der Waals surface area (Å²) in [5.41, 5.74) is 0. The van der Waals surface area contributed by atoms with Crippen molar-refractivity contribution in [2.24, 2.45) is 0 Å². The van der Waals surface area contributed by atoms with Crippen molar-refractivity contribution >= 4 is 37.8 Å². The molecule has 4 nitrogen and oxygen atoms in total. The van der Waals surface area contributed by atoms with Gasteiger partial charge in [0.05, 0.1) is 0 Å². The monoisotopic (exact) mass is 154 g/mol. The molecule has 0 aromatic carbocycles. The molecular formula is C5H6MgO4. The third-order valence-electron chi connectivity index (χ3n) is 0.533. The molecule has 0 saturated heterocycles. The van der Waals surface area contributed by atoms with Gasteiger partial charge in [-0.05, 0) is 12.8 Å². The lowest BCUT2D eigenvalue weighted by molar-refractivity contribution is -0.315. The molecule has 0 aromatic rings. The van der Waals surface area contributed by atoms with Crippen LogP contribution in [-0.2, 0) is 9.59 Å². The van der Waals surface area contributed by atoms with E-state index >= 15 is 0 Å². The molecular weight excluding hydrogens is 148 g/mol. The van der Waals surface area contributed by atoms with Gasteiger partial charge in [-0.3, -0.25) is 0 Å². The molecule has 0 aliphatic rings. The molecule has 52 valence electrons. The van der Waals surface area contributed by atoms with E-state index in [0.717, 1.165) is 0 Å². The highest BCUT2D eigenvalue weighted by atomic mass is 24.3.